The van der Waals surface area contributed by atoms with Gasteiger partial charge in [-0.3, -0.25) is 14.5 Å². The molecule has 0 atom stereocenters. The van der Waals surface area contributed by atoms with E-state index >= 15 is 0 Å². The van der Waals surface area contributed by atoms with Gasteiger partial charge in [-0.15, -0.1) is 0 Å². The highest BCUT2D eigenvalue weighted by molar-refractivity contribution is 6.00. The van der Waals surface area contributed by atoms with Gasteiger partial charge >= 0.3 is 0 Å². The summed E-state index contributed by atoms with van der Waals surface area (Å²) in [5.74, 6) is 0.386. The van der Waals surface area contributed by atoms with Crippen LogP contribution in [0.3, 0.4) is 0 Å². The zero-order valence-electron chi connectivity index (χ0n) is 20.2. The van der Waals surface area contributed by atoms with E-state index in [1.807, 2.05) is 20.8 Å². The Labute approximate surface area is 199 Å². The van der Waals surface area contributed by atoms with Gasteiger partial charge in [0, 0.05) is 32.4 Å². The van der Waals surface area contributed by atoms with Crippen LogP contribution in [0, 0.1) is 5.82 Å². The van der Waals surface area contributed by atoms with Crippen LogP contribution < -0.4 is 9.64 Å². The van der Waals surface area contributed by atoms with Crippen LogP contribution in [0.25, 0.3) is 11.4 Å². The minimum absolute atomic E-state index is 0.229. The Kier molecular flexibility index (Phi) is 7.99. The fraction of sp³-hybridized carbons (Fsp3) is 0.360. The van der Waals surface area contributed by atoms with Crippen molar-refractivity contribution in [1.82, 2.24) is 19.4 Å². The van der Waals surface area contributed by atoms with E-state index in [2.05, 4.69) is 4.98 Å². The van der Waals surface area contributed by atoms with Crippen molar-refractivity contribution in [3.63, 3.8) is 0 Å². The number of aromatic nitrogens is 3. The predicted molar refractivity (Wildman–Crippen MR) is 128 cm³/mol. The Bertz CT molecular complexity index is 1140. The largest absolute Gasteiger partial charge is 0.480 e. The lowest BCUT2D eigenvalue weighted by molar-refractivity contribution is -0.107. The second-order valence-electron chi connectivity index (χ2n) is 8.21. The van der Waals surface area contributed by atoms with E-state index in [1.165, 1.54) is 24.1 Å². The van der Waals surface area contributed by atoms with E-state index < -0.39 is 0 Å². The molecule has 2 heterocycles. The lowest BCUT2D eigenvalue weighted by Gasteiger charge is -2.23. The molecule has 0 N–H and O–H groups in total. The van der Waals surface area contributed by atoms with Crippen LogP contribution in [0.15, 0.2) is 42.6 Å². The Morgan fingerprint density at radius 2 is 1.94 bits per heavy atom. The molecule has 0 fully saturated rings. The van der Waals surface area contributed by atoms with Crippen LogP contribution in [-0.2, 0) is 11.3 Å². The third-order valence-electron chi connectivity index (χ3n) is 5.43. The molecule has 0 aliphatic rings. The van der Waals surface area contributed by atoms with E-state index in [1.54, 1.807) is 47.0 Å². The zero-order valence-corrected chi connectivity index (χ0v) is 20.2. The van der Waals surface area contributed by atoms with Crippen LogP contribution in [0.2, 0.25) is 0 Å². The number of halogens is 1. The number of amides is 2. The topological polar surface area (TPSA) is 80.6 Å². The lowest BCUT2D eigenvalue weighted by Crippen LogP contribution is -2.35. The third-order valence-corrected chi connectivity index (χ3v) is 5.43. The number of hydrogen-bond acceptors (Lipinski definition) is 5. The van der Waals surface area contributed by atoms with Crippen LogP contribution in [0.4, 0.5) is 10.2 Å². The maximum absolute atomic E-state index is 13.7. The molecule has 0 radical (unpaired) electrons. The van der Waals surface area contributed by atoms with Gasteiger partial charge in [0.2, 0.25) is 12.3 Å². The smallest absolute Gasteiger partial charge is 0.274 e. The second-order valence-corrected chi connectivity index (χ2v) is 8.21. The van der Waals surface area contributed by atoms with Gasteiger partial charge in [0.05, 0.1) is 12.7 Å². The van der Waals surface area contributed by atoms with Gasteiger partial charge in [-0.1, -0.05) is 19.1 Å². The first kappa shape index (κ1) is 24.9. The van der Waals surface area contributed by atoms with Gasteiger partial charge in [-0.2, -0.15) is 0 Å². The summed E-state index contributed by atoms with van der Waals surface area (Å²) in [6, 6.07) is 9.36. The fourth-order valence-corrected chi connectivity index (χ4v) is 3.72. The summed E-state index contributed by atoms with van der Waals surface area (Å²) in [5, 5.41) is 0. The van der Waals surface area contributed by atoms with Gasteiger partial charge in [-0.05, 0) is 50.1 Å². The molecule has 2 amide bonds. The van der Waals surface area contributed by atoms with Crippen molar-refractivity contribution < 1.29 is 18.7 Å². The molecule has 0 saturated carbocycles. The number of nitrogens with zero attached hydrogens (tertiary/aromatic N) is 5. The minimum Gasteiger partial charge on any atom is -0.480 e. The quantitative estimate of drug-likeness (QED) is 0.421. The standard InChI is InChI=1S/C25H30FN5O3/c1-6-14-29(4)25(33)21-23(31(16-32)17(2)3)28-22(20-8-7-13-27-24(20)34-5)30(21)15-18-9-11-19(26)12-10-18/h7-13,16-17H,6,14-15H2,1-5H3. The van der Waals surface area contributed by atoms with Crippen molar-refractivity contribution in [3.8, 4) is 17.3 Å². The Morgan fingerprint density at radius 3 is 2.53 bits per heavy atom. The van der Waals surface area contributed by atoms with Gasteiger partial charge in [0.25, 0.3) is 5.91 Å². The van der Waals surface area contributed by atoms with Crippen molar-refractivity contribution in [3.05, 3.63) is 59.7 Å². The first-order chi connectivity index (χ1) is 16.3. The fourth-order valence-electron chi connectivity index (χ4n) is 3.72. The molecule has 8 nitrogen and oxygen atoms in total. The minimum atomic E-state index is -0.352. The molecule has 9 heteroatoms. The molecule has 3 rings (SSSR count). The monoisotopic (exact) mass is 467 g/mol. The third kappa shape index (κ3) is 5.08. The summed E-state index contributed by atoms with van der Waals surface area (Å²) < 4.78 is 20.8. The highest BCUT2D eigenvalue weighted by atomic mass is 19.1. The Hall–Kier alpha value is -3.75. The van der Waals surface area contributed by atoms with Gasteiger partial charge < -0.3 is 14.2 Å². The molecule has 1 aromatic carbocycles. The SMILES string of the molecule is CCCN(C)C(=O)c1c(N(C=O)C(C)C)nc(-c2cccnc2OC)n1Cc1ccc(F)cc1. The van der Waals surface area contributed by atoms with Crippen LogP contribution in [0.5, 0.6) is 5.88 Å². The summed E-state index contributed by atoms with van der Waals surface area (Å²) >= 11 is 0. The molecular formula is C25H30FN5O3. The Morgan fingerprint density at radius 1 is 1.24 bits per heavy atom. The number of rotatable bonds is 10. The molecule has 2 aromatic heterocycles. The summed E-state index contributed by atoms with van der Waals surface area (Å²) in [6.45, 7) is 6.45. The molecule has 180 valence electrons. The number of hydrogen-bond donors (Lipinski definition) is 0. The maximum atomic E-state index is 13.7. The number of anilines is 1. The van der Waals surface area contributed by atoms with Gasteiger partial charge in [0.1, 0.15) is 11.6 Å². The first-order valence-corrected chi connectivity index (χ1v) is 11.2. The molecule has 0 saturated heterocycles. The van der Waals surface area contributed by atoms with Crippen molar-refractivity contribution in [1.29, 1.82) is 0 Å². The Balaban J connectivity index is 2.33. The van der Waals surface area contributed by atoms with Crippen molar-refractivity contribution in [2.24, 2.45) is 0 Å². The summed E-state index contributed by atoms with van der Waals surface area (Å²) in [7, 11) is 3.22. The second kappa shape index (κ2) is 10.9. The molecule has 34 heavy (non-hydrogen) atoms. The van der Waals surface area contributed by atoms with Crippen molar-refractivity contribution in [2.75, 3.05) is 25.6 Å². The number of pyridine rings is 1. The highest BCUT2D eigenvalue weighted by Gasteiger charge is 2.31. The van der Waals surface area contributed by atoms with E-state index in [4.69, 9.17) is 9.72 Å². The van der Waals surface area contributed by atoms with Crippen LogP contribution in [-0.4, -0.2) is 58.5 Å². The van der Waals surface area contributed by atoms with Gasteiger partial charge in [0.15, 0.2) is 11.5 Å². The van der Waals surface area contributed by atoms with E-state index in [9.17, 15) is 14.0 Å². The maximum Gasteiger partial charge on any atom is 0.274 e. The van der Waals surface area contributed by atoms with Gasteiger partial charge in [-0.25, -0.2) is 14.4 Å². The lowest BCUT2D eigenvalue weighted by atomic mass is 10.2. The van der Waals surface area contributed by atoms with E-state index in [-0.39, 0.29) is 35.8 Å². The summed E-state index contributed by atoms with van der Waals surface area (Å²) in [6.07, 6.45) is 3.05. The first-order valence-electron chi connectivity index (χ1n) is 11.2. The number of benzene rings is 1. The average Bonchev–Trinajstić information content (AvgIpc) is 3.18. The molecule has 0 unspecified atom stereocenters. The summed E-state index contributed by atoms with van der Waals surface area (Å²) in [4.78, 5) is 37.8. The molecule has 0 bridgehead atoms. The average molecular weight is 468 g/mol. The van der Waals surface area contributed by atoms with Crippen LogP contribution >= 0.6 is 0 Å². The molecule has 3 aromatic rings. The predicted octanol–water partition coefficient (Wildman–Crippen LogP) is 3.99. The number of methoxy groups -OCH3 is 1. The number of carbonyl (C=O) groups excluding carboxylic acids is 2. The van der Waals surface area contributed by atoms with E-state index in [0.29, 0.717) is 30.2 Å². The highest BCUT2D eigenvalue weighted by Crippen LogP contribution is 2.34. The molecule has 0 spiro atoms. The molecule has 0 aliphatic carbocycles. The van der Waals surface area contributed by atoms with Crippen molar-refractivity contribution >= 4 is 18.1 Å². The molecule has 0 aliphatic heterocycles. The van der Waals surface area contributed by atoms with Crippen molar-refractivity contribution in [2.45, 2.75) is 39.8 Å². The zero-order chi connectivity index (χ0) is 24.8. The van der Waals surface area contributed by atoms with Crippen LogP contribution in [0.1, 0.15) is 43.2 Å². The molecular weight excluding hydrogens is 437 g/mol. The van der Waals surface area contributed by atoms with E-state index in [0.717, 1.165) is 12.0 Å². The number of ether oxygens (including phenoxy) is 1. The number of imidazole rings is 1. The summed E-state index contributed by atoms with van der Waals surface area (Å²) in [5.41, 5.74) is 1.60. The normalized spacial score (nSPS) is 10.9. The number of carbonyl (C=O) groups is 2.